The maximum absolute atomic E-state index is 3.35. The van der Waals surface area contributed by atoms with Gasteiger partial charge < -0.3 is 10.2 Å². The molecule has 1 saturated heterocycles. The van der Waals surface area contributed by atoms with Crippen molar-refractivity contribution in [3.63, 3.8) is 0 Å². The van der Waals surface area contributed by atoms with Gasteiger partial charge in [0, 0.05) is 26.2 Å². The number of hydrogen-bond donors (Lipinski definition) is 1. The minimum Gasteiger partial charge on any atom is -0.314 e. The van der Waals surface area contributed by atoms with Crippen molar-refractivity contribution in [2.45, 2.75) is 47.5 Å². The molecule has 88 valence electrons. The maximum Gasteiger partial charge on any atom is 0.0107 e. The van der Waals surface area contributed by atoms with E-state index in [1.165, 1.54) is 45.6 Å². The number of unbranched alkanes of at least 4 members (excludes halogenated alkanes) is 1. The van der Waals surface area contributed by atoms with E-state index >= 15 is 0 Å². The Morgan fingerprint density at radius 1 is 1.00 bits per heavy atom. The van der Waals surface area contributed by atoms with Gasteiger partial charge in [0.15, 0.2) is 0 Å². The molecule has 1 heterocycles. The minimum atomic E-state index is 1.18. The Labute approximate surface area is 91.1 Å². The SMILES string of the molecule is CC.CC.CCCCN1CCNCC1. The van der Waals surface area contributed by atoms with Gasteiger partial charge in [-0.15, -0.1) is 0 Å². The summed E-state index contributed by atoms with van der Waals surface area (Å²) in [6, 6.07) is 0. The molecule has 0 bridgehead atoms. The predicted octanol–water partition coefficient (Wildman–Crippen LogP) is 2.74. The van der Waals surface area contributed by atoms with Gasteiger partial charge in [0.05, 0.1) is 0 Å². The van der Waals surface area contributed by atoms with Gasteiger partial charge in [-0.05, 0) is 13.0 Å². The van der Waals surface area contributed by atoms with Gasteiger partial charge in [-0.2, -0.15) is 0 Å². The average molecular weight is 202 g/mol. The van der Waals surface area contributed by atoms with Crippen molar-refractivity contribution in [3.05, 3.63) is 0 Å². The van der Waals surface area contributed by atoms with Crippen LogP contribution < -0.4 is 5.32 Å². The quantitative estimate of drug-likeness (QED) is 0.757. The lowest BCUT2D eigenvalue weighted by atomic mass is 10.3. The lowest BCUT2D eigenvalue weighted by molar-refractivity contribution is 0.238. The fourth-order valence-electron chi connectivity index (χ4n) is 1.32. The Morgan fingerprint density at radius 3 is 1.93 bits per heavy atom. The number of hydrogen-bond acceptors (Lipinski definition) is 2. The zero-order chi connectivity index (χ0) is 11.2. The Hall–Kier alpha value is -0.0800. The summed E-state index contributed by atoms with van der Waals surface area (Å²) in [5, 5.41) is 3.35. The molecule has 0 unspecified atom stereocenters. The van der Waals surface area contributed by atoms with Gasteiger partial charge >= 0.3 is 0 Å². The maximum atomic E-state index is 3.35. The van der Waals surface area contributed by atoms with Crippen molar-refractivity contribution >= 4 is 0 Å². The zero-order valence-corrected chi connectivity index (χ0v) is 10.9. The molecule has 0 aromatic carbocycles. The molecule has 1 aliphatic heterocycles. The summed E-state index contributed by atoms with van der Waals surface area (Å²) in [6.45, 7) is 16.4. The molecule has 0 amide bonds. The highest BCUT2D eigenvalue weighted by Gasteiger charge is 2.06. The molecule has 1 N–H and O–H groups in total. The van der Waals surface area contributed by atoms with Crippen LogP contribution in [-0.2, 0) is 0 Å². The van der Waals surface area contributed by atoms with E-state index in [4.69, 9.17) is 0 Å². The fraction of sp³-hybridized carbons (Fsp3) is 1.00. The predicted molar refractivity (Wildman–Crippen MR) is 66.9 cm³/mol. The Balaban J connectivity index is 0. The summed E-state index contributed by atoms with van der Waals surface area (Å²) >= 11 is 0. The lowest BCUT2D eigenvalue weighted by Crippen LogP contribution is -2.43. The van der Waals surface area contributed by atoms with E-state index in [2.05, 4.69) is 17.1 Å². The highest BCUT2D eigenvalue weighted by atomic mass is 15.2. The van der Waals surface area contributed by atoms with Crippen molar-refractivity contribution in [1.82, 2.24) is 10.2 Å². The molecule has 0 radical (unpaired) electrons. The summed E-state index contributed by atoms with van der Waals surface area (Å²) in [7, 11) is 0. The van der Waals surface area contributed by atoms with Crippen molar-refractivity contribution in [2.75, 3.05) is 32.7 Å². The van der Waals surface area contributed by atoms with Crippen LogP contribution in [0.1, 0.15) is 47.5 Å². The van der Waals surface area contributed by atoms with Crippen LogP contribution in [0.15, 0.2) is 0 Å². The van der Waals surface area contributed by atoms with E-state index < -0.39 is 0 Å². The van der Waals surface area contributed by atoms with Crippen LogP contribution in [0, 0.1) is 0 Å². The molecule has 0 aromatic heterocycles. The molecule has 2 heteroatoms. The van der Waals surface area contributed by atoms with E-state index in [0.717, 1.165) is 0 Å². The van der Waals surface area contributed by atoms with E-state index in [1.807, 2.05) is 27.7 Å². The van der Waals surface area contributed by atoms with E-state index in [0.29, 0.717) is 0 Å². The van der Waals surface area contributed by atoms with Crippen LogP contribution in [0.2, 0.25) is 0 Å². The van der Waals surface area contributed by atoms with Crippen LogP contribution in [0.25, 0.3) is 0 Å². The van der Waals surface area contributed by atoms with Gasteiger partial charge in [0.1, 0.15) is 0 Å². The van der Waals surface area contributed by atoms with E-state index in [9.17, 15) is 0 Å². The van der Waals surface area contributed by atoms with Gasteiger partial charge in [-0.3, -0.25) is 0 Å². The topological polar surface area (TPSA) is 15.3 Å². The highest BCUT2D eigenvalue weighted by molar-refractivity contribution is 4.66. The Bertz CT molecular complexity index is 78.4. The molecule has 0 atom stereocenters. The van der Waals surface area contributed by atoms with Crippen LogP contribution in [0.3, 0.4) is 0 Å². The second-order valence-corrected chi connectivity index (χ2v) is 2.95. The van der Waals surface area contributed by atoms with Gasteiger partial charge in [-0.1, -0.05) is 41.0 Å². The average Bonchev–Trinajstić information content (AvgIpc) is 2.33. The third-order valence-corrected chi connectivity index (χ3v) is 2.04. The largest absolute Gasteiger partial charge is 0.314 e. The summed E-state index contributed by atoms with van der Waals surface area (Å²) in [6.07, 6.45) is 2.68. The summed E-state index contributed by atoms with van der Waals surface area (Å²) in [5.74, 6) is 0. The molecule has 1 fully saturated rings. The first-order valence-corrected chi connectivity index (χ1v) is 6.36. The second kappa shape index (κ2) is 15.4. The van der Waals surface area contributed by atoms with Crippen molar-refractivity contribution < 1.29 is 0 Å². The molecular weight excluding hydrogens is 172 g/mol. The molecule has 1 rings (SSSR count). The number of nitrogens with one attached hydrogen (secondary N) is 1. The van der Waals surface area contributed by atoms with Gasteiger partial charge in [0.2, 0.25) is 0 Å². The molecule has 0 saturated carbocycles. The molecule has 2 nitrogen and oxygen atoms in total. The Morgan fingerprint density at radius 2 is 1.50 bits per heavy atom. The van der Waals surface area contributed by atoms with Crippen LogP contribution >= 0.6 is 0 Å². The molecule has 1 aliphatic rings. The number of piperazine rings is 1. The normalized spacial score (nSPS) is 16.1. The zero-order valence-electron chi connectivity index (χ0n) is 10.9. The third-order valence-electron chi connectivity index (χ3n) is 2.04. The van der Waals surface area contributed by atoms with Crippen LogP contribution in [0.4, 0.5) is 0 Å². The van der Waals surface area contributed by atoms with Crippen LogP contribution in [-0.4, -0.2) is 37.6 Å². The first kappa shape index (κ1) is 16.4. The van der Waals surface area contributed by atoms with Crippen LogP contribution in [0.5, 0.6) is 0 Å². The van der Waals surface area contributed by atoms with Crippen molar-refractivity contribution in [2.24, 2.45) is 0 Å². The van der Waals surface area contributed by atoms with Gasteiger partial charge in [-0.25, -0.2) is 0 Å². The van der Waals surface area contributed by atoms with Gasteiger partial charge in [0.25, 0.3) is 0 Å². The summed E-state index contributed by atoms with van der Waals surface area (Å²) in [4.78, 5) is 2.54. The highest BCUT2D eigenvalue weighted by Crippen LogP contribution is 1.95. The standard InChI is InChI=1S/C8H18N2.2C2H6/c1-2-3-6-10-7-4-9-5-8-10;2*1-2/h9H,2-8H2,1H3;2*1-2H3. The lowest BCUT2D eigenvalue weighted by Gasteiger charge is -2.26. The van der Waals surface area contributed by atoms with Crippen molar-refractivity contribution in [1.29, 1.82) is 0 Å². The number of rotatable bonds is 3. The van der Waals surface area contributed by atoms with Crippen molar-refractivity contribution in [3.8, 4) is 0 Å². The first-order valence-electron chi connectivity index (χ1n) is 6.36. The molecule has 0 aromatic rings. The molecule has 0 spiro atoms. The van der Waals surface area contributed by atoms with E-state index in [1.54, 1.807) is 0 Å². The monoisotopic (exact) mass is 202 g/mol. The Kier molecular flexibility index (Phi) is 18.0. The second-order valence-electron chi connectivity index (χ2n) is 2.95. The molecule has 14 heavy (non-hydrogen) atoms. The number of nitrogens with zero attached hydrogens (tertiary/aromatic N) is 1. The summed E-state index contributed by atoms with van der Waals surface area (Å²) in [5.41, 5.74) is 0. The molecule has 0 aliphatic carbocycles. The fourth-order valence-corrected chi connectivity index (χ4v) is 1.32. The summed E-state index contributed by atoms with van der Waals surface area (Å²) < 4.78 is 0. The van der Waals surface area contributed by atoms with E-state index in [-0.39, 0.29) is 0 Å². The first-order chi connectivity index (χ1) is 6.93. The molecular formula is C12H30N2. The minimum absolute atomic E-state index is 1.18. The smallest absolute Gasteiger partial charge is 0.0107 e. The third kappa shape index (κ3) is 10.0.